The number of rotatable bonds is 3. The van der Waals surface area contributed by atoms with Crippen molar-refractivity contribution in [2.24, 2.45) is 5.10 Å². The van der Waals surface area contributed by atoms with Gasteiger partial charge >= 0.3 is 5.63 Å². The molecule has 2 aromatic carbocycles. The van der Waals surface area contributed by atoms with Gasteiger partial charge in [0.2, 0.25) is 0 Å². The van der Waals surface area contributed by atoms with Crippen molar-refractivity contribution in [2.75, 3.05) is 7.11 Å². The highest BCUT2D eigenvalue weighted by atomic mass is 16.5. The molecule has 0 saturated heterocycles. The Morgan fingerprint density at radius 2 is 1.96 bits per heavy atom. The summed E-state index contributed by atoms with van der Waals surface area (Å²) in [4.78, 5) is 12.0. The molecule has 0 bridgehead atoms. The van der Waals surface area contributed by atoms with Crippen molar-refractivity contribution >= 4 is 16.7 Å². The second-order valence-electron chi connectivity index (χ2n) is 7.12. The number of ether oxygens (including phenoxy) is 1. The molecule has 0 spiro atoms. The van der Waals surface area contributed by atoms with E-state index in [4.69, 9.17) is 9.15 Å². The Labute approximate surface area is 162 Å². The normalized spacial score (nSPS) is 16.1. The molecular formula is C22H22N2O4. The number of hydrazone groups is 1. The Balaban J connectivity index is 1.79. The van der Waals surface area contributed by atoms with Crippen LogP contribution in [0.2, 0.25) is 0 Å². The summed E-state index contributed by atoms with van der Waals surface area (Å²) in [6, 6.07) is 9.56. The highest BCUT2D eigenvalue weighted by Gasteiger charge is 2.28. The second kappa shape index (κ2) is 6.71. The molecule has 1 aliphatic rings. The molecule has 0 fully saturated rings. The first-order valence-corrected chi connectivity index (χ1v) is 9.14. The number of aryl methyl sites for hydroxylation is 2. The van der Waals surface area contributed by atoms with Gasteiger partial charge in [-0.1, -0.05) is 18.2 Å². The minimum atomic E-state index is -0.382. The number of para-hydroxylation sites is 1. The number of hydrogen-bond acceptors (Lipinski definition) is 6. The Hall–Kier alpha value is -3.28. The van der Waals surface area contributed by atoms with Crippen LogP contribution in [-0.4, -0.2) is 17.9 Å². The largest absolute Gasteiger partial charge is 0.506 e. The number of phenolic OH excluding ortho intramolecular Hbond substituents is 1. The van der Waals surface area contributed by atoms with Gasteiger partial charge in [0, 0.05) is 23.1 Å². The Bertz CT molecular complexity index is 1180. The molecule has 4 rings (SSSR count). The fourth-order valence-electron chi connectivity index (χ4n) is 3.83. The molecule has 0 aliphatic carbocycles. The molecule has 2 N–H and O–H groups in total. The second-order valence-corrected chi connectivity index (χ2v) is 7.12. The van der Waals surface area contributed by atoms with Crippen molar-refractivity contribution in [3.05, 3.63) is 68.6 Å². The molecule has 2 heterocycles. The van der Waals surface area contributed by atoms with Crippen LogP contribution in [0.25, 0.3) is 11.0 Å². The van der Waals surface area contributed by atoms with Crippen molar-refractivity contribution in [3.8, 4) is 11.5 Å². The van der Waals surface area contributed by atoms with Gasteiger partial charge in [0.05, 0.1) is 24.2 Å². The average molecular weight is 378 g/mol. The predicted octanol–water partition coefficient (Wildman–Crippen LogP) is 3.87. The quantitative estimate of drug-likeness (QED) is 0.676. The molecule has 0 radical (unpaired) electrons. The number of benzene rings is 2. The van der Waals surface area contributed by atoms with Crippen LogP contribution < -0.4 is 15.8 Å². The number of phenols is 1. The summed E-state index contributed by atoms with van der Waals surface area (Å²) in [5.74, 6) is 0.893. The number of aromatic hydroxyl groups is 1. The first-order valence-electron chi connectivity index (χ1n) is 9.14. The summed E-state index contributed by atoms with van der Waals surface area (Å²) in [7, 11) is 1.65. The van der Waals surface area contributed by atoms with Crippen LogP contribution >= 0.6 is 0 Å². The monoisotopic (exact) mass is 378 g/mol. The van der Waals surface area contributed by atoms with E-state index in [0.717, 1.165) is 28.2 Å². The summed E-state index contributed by atoms with van der Waals surface area (Å²) >= 11 is 0. The first kappa shape index (κ1) is 18.1. The highest BCUT2D eigenvalue weighted by Crippen LogP contribution is 2.38. The molecule has 0 amide bonds. The molecule has 0 unspecified atom stereocenters. The highest BCUT2D eigenvalue weighted by molar-refractivity contribution is 6.09. The summed E-state index contributed by atoms with van der Waals surface area (Å²) in [5, 5.41) is 16.1. The van der Waals surface area contributed by atoms with Gasteiger partial charge in [-0.15, -0.1) is 0 Å². The maximum Gasteiger partial charge on any atom is 0.339 e. The number of nitrogens with one attached hydrogen (secondary N) is 1. The molecular weight excluding hydrogens is 356 g/mol. The maximum absolute atomic E-state index is 12.0. The van der Waals surface area contributed by atoms with Crippen molar-refractivity contribution in [2.45, 2.75) is 33.2 Å². The van der Waals surface area contributed by atoms with Gasteiger partial charge in [-0.25, -0.2) is 4.79 Å². The lowest BCUT2D eigenvalue weighted by molar-refractivity contribution is 0.402. The van der Waals surface area contributed by atoms with E-state index in [-0.39, 0.29) is 17.4 Å². The summed E-state index contributed by atoms with van der Waals surface area (Å²) in [6.45, 7) is 5.40. The van der Waals surface area contributed by atoms with E-state index in [1.165, 1.54) is 0 Å². The van der Waals surface area contributed by atoms with Crippen LogP contribution in [0.3, 0.4) is 0 Å². The third kappa shape index (κ3) is 2.72. The molecule has 0 saturated carbocycles. The SMILES string of the molecule is COc1ccccc1[C@@H]1CC(c2c(C)cc3oc(=O)c(C)c(C)c3c2O)=NN1. The number of fused-ring (bicyclic) bond motifs is 1. The number of nitrogens with zero attached hydrogens (tertiary/aromatic N) is 1. The number of methoxy groups -OCH3 is 1. The molecule has 1 atom stereocenters. The fraction of sp³-hybridized carbons (Fsp3) is 0.273. The lowest BCUT2D eigenvalue weighted by Crippen LogP contribution is -2.11. The number of hydrogen-bond donors (Lipinski definition) is 2. The fourth-order valence-corrected chi connectivity index (χ4v) is 3.83. The third-order valence-corrected chi connectivity index (χ3v) is 5.46. The van der Waals surface area contributed by atoms with E-state index >= 15 is 0 Å². The van der Waals surface area contributed by atoms with E-state index < -0.39 is 0 Å². The van der Waals surface area contributed by atoms with E-state index in [1.807, 2.05) is 38.1 Å². The van der Waals surface area contributed by atoms with Gasteiger partial charge in [-0.05, 0) is 44.0 Å². The lowest BCUT2D eigenvalue weighted by atomic mass is 9.92. The van der Waals surface area contributed by atoms with E-state index in [0.29, 0.717) is 28.5 Å². The maximum atomic E-state index is 12.0. The third-order valence-electron chi connectivity index (χ3n) is 5.46. The van der Waals surface area contributed by atoms with Gasteiger partial charge in [0.15, 0.2) is 0 Å². The summed E-state index contributed by atoms with van der Waals surface area (Å²) in [6.07, 6.45) is 0.606. The summed E-state index contributed by atoms with van der Waals surface area (Å²) < 4.78 is 10.8. The van der Waals surface area contributed by atoms with Crippen LogP contribution in [0.15, 0.2) is 44.6 Å². The van der Waals surface area contributed by atoms with Crippen LogP contribution in [0.5, 0.6) is 11.5 Å². The van der Waals surface area contributed by atoms with Gasteiger partial charge in [-0.2, -0.15) is 5.10 Å². The van der Waals surface area contributed by atoms with Gasteiger partial charge < -0.3 is 19.7 Å². The Kier molecular flexibility index (Phi) is 4.34. The van der Waals surface area contributed by atoms with E-state index in [9.17, 15) is 9.90 Å². The van der Waals surface area contributed by atoms with Crippen molar-refractivity contribution in [3.63, 3.8) is 0 Å². The topological polar surface area (TPSA) is 84.1 Å². The van der Waals surface area contributed by atoms with Crippen LogP contribution in [0, 0.1) is 20.8 Å². The zero-order valence-electron chi connectivity index (χ0n) is 16.3. The van der Waals surface area contributed by atoms with Gasteiger partial charge in [-0.3, -0.25) is 0 Å². The van der Waals surface area contributed by atoms with E-state index in [1.54, 1.807) is 20.1 Å². The van der Waals surface area contributed by atoms with Crippen molar-refractivity contribution < 1.29 is 14.3 Å². The van der Waals surface area contributed by atoms with Crippen molar-refractivity contribution in [1.82, 2.24) is 5.43 Å². The zero-order chi connectivity index (χ0) is 20.0. The lowest BCUT2D eigenvalue weighted by Gasteiger charge is -2.15. The van der Waals surface area contributed by atoms with Gasteiger partial charge in [0.25, 0.3) is 0 Å². The summed E-state index contributed by atoms with van der Waals surface area (Å²) in [5.41, 5.74) is 7.63. The van der Waals surface area contributed by atoms with Crippen LogP contribution in [-0.2, 0) is 0 Å². The molecule has 144 valence electrons. The predicted molar refractivity (Wildman–Crippen MR) is 108 cm³/mol. The zero-order valence-corrected chi connectivity index (χ0v) is 16.3. The minimum absolute atomic E-state index is 0.0443. The van der Waals surface area contributed by atoms with Crippen molar-refractivity contribution in [1.29, 1.82) is 0 Å². The Morgan fingerprint density at radius 3 is 2.71 bits per heavy atom. The van der Waals surface area contributed by atoms with Gasteiger partial charge in [0.1, 0.15) is 17.1 Å². The molecule has 6 heteroatoms. The van der Waals surface area contributed by atoms with Crippen LogP contribution in [0.1, 0.15) is 40.3 Å². The average Bonchev–Trinajstić information content (AvgIpc) is 3.15. The molecule has 1 aliphatic heterocycles. The van der Waals surface area contributed by atoms with E-state index in [2.05, 4.69) is 10.5 Å². The molecule has 6 nitrogen and oxygen atoms in total. The minimum Gasteiger partial charge on any atom is -0.506 e. The smallest absolute Gasteiger partial charge is 0.339 e. The van der Waals surface area contributed by atoms with Crippen LogP contribution in [0.4, 0.5) is 0 Å². The molecule has 28 heavy (non-hydrogen) atoms. The first-order chi connectivity index (χ1) is 13.4. The Morgan fingerprint density at radius 1 is 1.21 bits per heavy atom. The standard InChI is InChI=1S/C22H22N2O4/c1-11-9-18-20(12(2)13(3)22(26)28-18)21(25)19(11)16-10-15(23-24-16)14-7-5-6-8-17(14)27-4/h5-9,15,23,25H,10H2,1-4H3/t15-/m0/s1. The molecule has 3 aromatic rings. The molecule has 1 aromatic heterocycles.